The first-order chi connectivity index (χ1) is 9.58. The number of nitrogens with one attached hydrogen (secondary N) is 1. The minimum atomic E-state index is 0.735. The van der Waals surface area contributed by atoms with E-state index < -0.39 is 0 Å². The minimum absolute atomic E-state index is 0.735. The molecule has 1 N–H and O–H groups in total. The van der Waals surface area contributed by atoms with Crippen LogP contribution < -0.4 is 10.2 Å². The summed E-state index contributed by atoms with van der Waals surface area (Å²) in [4.78, 5) is 9.01. The lowest BCUT2D eigenvalue weighted by atomic mass is 10.2. The molecule has 0 saturated carbocycles. The van der Waals surface area contributed by atoms with Crippen molar-refractivity contribution in [3.8, 4) is 0 Å². The molecule has 114 valence electrons. The maximum Gasteiger partial charge on any atom is 0.128 e. The number of aromatic nitrogens is 1. The molecule has 0 aliphatic carbocycles. The van der Waals surface area contributed by atoms with Crippen molar-refractivity contribution in [2.24, 2.45) is 0 Å². The summed E-state index contributed by atoms with van der Waals surface area (Å²) >= 11 is 6.21. The highest BCUT2D eigenvalue weighted by Gasteiger charge is 2.10. The number of likely N-dealkylation sites (N-methyl/N-ethyl adjacent to an activating group) is 1. The van der Waals surface area contributed by atoms with E-state index in [-0.39, 0.29) is 0 Å². The summed E-state index contributed by atoms with van der Waals surface area (Å²) < 4.78 is 0. The van der Waals surface area contributed by atoms with E-state index in [1.54, 1.807) is 6.20 Å². The Kier molecular flexibility index (Phi) is 7.88. The molecule has 0 fully saturated rings. The first kappa shape index (κ1) is 17.2. The van der Waals surface area contributed by atoms with Crippen molar-refractivity contribution < 1.29 is 0 Å². The molecule has 0 atom stereocenters. The van der Waals surface area contributed by atoms with Crippen LogP contribution in [0.15, 0.2) is 12.3 Å². The van der Waals surface area contributed by atoms with E-state index in [1.165, 1.54) is 0 Å². The van der Waals surface area contributed by atoms with Crippen molar-refractivity contribution >= 4 is 17.4 Å². The number of pyridine rings is 1. The monoisotopic (exact) mass is 298 g/mol. The molecule has 0 spiro atoms. The summed E-state index contributed by atoms with van der Waals surface area (Å²) in [5.74, 6) is 1.02. The van der Waals surface area contributed by atoms with Crippen molar-refractivity contribution in [3.63, 3.8) is 0 Å². The molecule has 0 bridgehead atoms. The van der Waals surface area contributed by atoms with Gasteiger partial charge >= 0.3 is 0 Å². The average Bonchev–Trinajstić information content (AvgIpc) is 2.42. The van der Waals surface area contributed by atoms with E-state index in [9.17, 15) is 0 Å². The van der Waals surface area contributed by atoms with Gasteiger partial charge in [0.1, 0.15) is 5.82 Å². The lowest BCUT2D eigenvalue weighted by Gasteiger charge is -2.25. The molecule has 1 heterocycles. The largest absolute Gasteiger partial charge is 0.355 e. The van der Waals surface area contributed by atoms with Crippen molar-refractivity contribution in [2.75, 3.05) is 45.2 Å². The van der Waals surface area contributed by atoms with E-state index in [0.29, 0.717) is 0 Å². The van der Waals surface area contributed by atoms with Crippen LogP contribution in [0.1, 0.15) is 25.8 Å². The predicted octanol–water partition coefficient (Wildman–Crippen LogP) is 2.62. The van der Waals surface area contributed by atoms with Gasteiger partial charge in [-0.05, 0) is 38.7 Å². The maximum atomic E-state index is 6.21. The van der Waals surface area contributed by atoms with E-state index in [0.717, 1.165) is 55.5 Å². The molecular weight excluding hydrogens is 272 g/mol. The van der Waals surface area contributed by atoms with Crippen LogP contribution >= 0.6 is 11.6 Å². The number of hydrogen-bond donors (Lipinski definition) is 1. The Morgan fingerprint density at radius 2 is 1.95 bits per heavy atom. The summed E-state index contributed by atoms with van der Waals surface area (Å²) in [6.07, 6.45) is 2.88. The zero-order chi connectivity index (χ0) is 15.0. The second-order valence-corrected chi connectivity index (χ2v) is 5.61. The molecule has 1 rings (SSSR count). The number of anilines is 1. The normalized spacial score (nSPS) is 11.1. The third-order valence-corrected chi connectivity index (χ3v) is 3.46. The number of halogens is 1. The van der Waals surface area contributed by atoms with Gasteiger partial charge in [0.2, 0.25) is 0 Å². The molecular formula is C15H27ClN4. The van der Waals surface area contributed by atoms with Crippen LogP contribution in [0.4, 0.5) is 5.82 Å². The van der Waals surface area contributed by atoms with Gasteiger partial charge in [-0.1, -0.05) is 25.4 Å². The summed E-state index contributed by atoms with van der Waals surface area (Å²) in [5, 5.41) is 4.05. The van der Waals surface area contributed by atoms with E-state index in [1.807, 2.05) is 0 Å². The SMILES string of the molecule is CCCN(CCN(C)C)c1cc(CNCC)c(Cl)cn1. The zero-order valence-corrected chi connectivity index (χ0v) is 13.9. The Bertz CT molecular complexity index is 395. The van der Waals surface area contributed by atoms with Crippen molar-refractivity contribution in [1.29, 1.82) is 0 Å². The topological polar surface area (TPSA) is 31.4 Å². The van der Waals surface area contributed by atoms with Gasteiger partial charge in [-0.3, -0.25) is 0 Å². The summed E-state index contributed by atoms with van der Waals surface area (Å²) in [6.45, 7) is 9.03. The highest BCUT2D eigenvalue weighted by atomic mass is 35.5. The Labute approximate surface area is 128 Å². The fourth-order valence-electron chi connectivity index (χ4n) is 1.97. The predicted molar refractivity (Wildman–Crippen MR) is 87.7 cm³/mol. The van der Waals surface area contributed by atoms with Crippen LogP contribution in [0, 0.1) is 0 Å². The highest BCUT2D eigenvalue weighted by molar-refractivity contribution is 6.31. The van der Waals surface area contributed by atoms with Gasteiger partial charge in [0.25, 0.3) is 0 Å². The summed E-state index contributed by atoms with van der Waals surface area (Å²) in [7, 11) is 4.19. The van der Waals surface area contributed by atoms with Gasteiger partial charge < -0.3 is 15.1 Å². The molecule has 0 amide bonds. The quantitative estimate of drug-likeness (QED) is 0.759. The van der Waals surface area contributed by atoms with Crippen LogP contribution in [0.2, 0.25) is 5.02 Å². The number of hydrogen-bond acceptors (Lipinski definition) is 4. The molecule has 0 unspecified atom stereocenters. The average molecular weight is 299 g/mol. The van der Waals surface area contributed by atoms with Crippen molar-refractivity contribution in [1.82, 2.24) is 15.2 Å². The van der Waals surface area contributed by atoms with Crippen LogP contribution in [0.5, 0.6) is 0 Å². The van der Waals surface area contributed by atoms with Gasteiger partial charge in [0.05, 0.1) is 5.02 Å². The summed E-state index contributed by atoms with van der Waals surface area (Å²) in [5.41, 5.74) is 1.12. The maximum absolute atomic E-state index is 6.21. The van der Waals surface area contributed by atoms with Crippen molar-refractivity contribution in [3.05, 3.63) is 22.8 Å². The standard InChI is InChI=1S/C15H27ClN4/c1-5-7-20(9-8-19(3)4)15-10-13(11-17-6-2)14(16)12-18-15/h10,12,17H,5-9,11H2,1-4H3. The van der Waals surface area contributed by atoms with Crippen LogP contribution in [-0.2, 0) is 6.54 Å². The molecule has 1 aromatic rings. The van der Waals surface area contributed by atoms with E-state index in [2.05, 4.69) is 54.1 Å². The van der Waals surface area contributed by atoms with Gasteiger partial charge in [-0.15, -0.1) is 0 Å². The fourth-order valence-corrected chi connectivity index (χ4v) is 2.14. The van der Waals surface area contributed by atoms with Crippen LogP contribution in [0.25, 0.3) is 0 Å². The third-order valence-electron chi connectivity index (χ3n) is 3.12. The lowest BCUT2D eigenvalue weighted by Crippen LogP contribution is -2.33. The second-order valence-electron chi connectivity index (χ2n) is 5.20. The van der Waals surface area contributed by atoms with Crippen molar-refractivity contribution in [2.45, 2.75) is 26.8 Å². The lowest BCUT2D eigenvalue weighted by molar-refractivity contribution is 0.412. The molecule has 5 heteroatoms. The fraction of sp³-hybridized carbons (Fsp3) is 0.667. The molecule has 4 nitrogen and oxygen atoms in total. The molecule has 0 aliphatic heterocycles. The molecule has 0 radical (unpaired) electrons. The van der Waals surface area contributed by atoms with Crippen LogP contribution in [-0.4, -0.2) is 50.2 Å². The first-order valence-corrected chi connectivity index (χ1v) is 7.71. The van der Waals surface area contributed by atoms with E-state index >= 15 is 0 Å². The Balaban J connectivity index is 2.83. The van der Waals surface area contributed by atoms with Gasteiger partial charge in [0.15, 0.2) is 0 Å². The second kappa shape index (κ2) is 9.16. The highest BCUT2D eigenvalue weighted by Crippen LogP contribution is 2.20. The van der Waals surface area contributed by atoms with Gasteiger partial charge in [0, 0.05) is 32.4 Å². The third kappa shape index (κ3) is 5.65. The molecule has 1 aromatic heterocycles. The Morgan fingerprint density at radius 3 is 2.55 bits per heavy atom. The molecule has 0 saturated heterocycles. The first-order valence-electron chi connectivity index (χ1n) is 7.33. The van der Waals surface area contributed by atoms with Gasteiger partial charge in [-0.2, -0.15) is 0 Å². The Hall–Kier alpha value is -0.840. The summed E-state index contributed by atoms with van der Waals surface area (Å²) in [6, 6.07) is 2.11. The molecule has 0 aliphatic rings. The number of nitrogens with zero attached hydrogens (tertiary/aromatic N) is 3. The molecule has 20 heavy (non-hydrogen) atoms. The van der Waals surface area contributed by atoms with Crippen LogP contribution in [0.3, 0.4) is 0 Å². The smallest absolute Gasteiger partial charge is 0.128 e. The zero-order valence-electron chi connectivity index (χ0n) is 13.1. The molecule has 0 aromatic carbocycles. The minimum Gasteiger partial charge on any atom is -0.355 e. The van der Waals surface area contributed by atoms with Gasteiger partial charge in [-0.25, -0.2) is 4.98 Å². The number of rotatable bonds is 9. The Morgan fingerprint density at radius 1 is 1.20 bits per heavy atom. The van der Waals surface area contributed by atoms with E-state index in [4.69, 9.17) is 11.6 Å².